The molecule has 3 rings (SSSR count). The molecule has 1 aliphatic heterocycles. The van der Waals surface area contributed by atoms with Gasteiger partial charge in [0.15, 0.2) is 0 Å². The average Bonchev–Trinajstić information content (AvgIpc) is 2.68. The second kappa shape index (κ2) is 8.25. The maximum absolute atomic E-state index is 12.9. The number of rotatable bonds is 4. The molecule has 2 N–H and O–H groups in total. The Morgan fingerprint density at radius 1 is 1.13 bits per heavy atom. The zero-order chi connectivity index (χ0) is 22.1. The fourth-order valence-electron chi connectivity index (χ4n) is 2.77. The van der Waals surface area contributed by atoms with Gasteiger partial charge in [-0.25, -0.2) is 8.42 Å². The van der Waals surface area contributed by atoms with Gasteiger partial charge >= 0.3 is 6.18 Å². The molecule has 160 valence electrons. The molecule has 7 nitrogen and oxygen atoms in total. The molecule has 0 bridgehead atoms. The summed E-state index contributed by atoms with van der Waals surface area (Å²) in [4.78, 5) is 23.6. The minimum absolute atomic E-state index is 0.0360. The van der Waals surface area contributed by atoms with Crippen molar-refractivity contribution < 1.29 is 31.2 Å². The van der Waals surface area contributed by atoms with Gasteiger partial charge in [0, 0.05) is 24.3 Å². The molecule has 12 heteroatoms. The molecule has 1 fully saturated rings. The van der Waals surface area contributed by atoms with Gasteiger partial charge in [-0.05, 0) is 42.5 Å². The summed E-state index contributed by atoms with van der Waals surface area (Å²) in [5.74, 6) is -1.14. The van der Waals surface area contributed by atoms with Crippen molar-refractivity contribution in [1.82, 2.24) is 9.62 Å². The summed E-state index contributed by atoms with van der Waals surface area (Å²) in [5.41, 5.74) is -1.17. The lowest BCUT2D eigenvalue weighted by atomic mass is 10.1. The zero-order valence-electron chi connectivity index (χ0n) is 15.2. The summed E-state index contributed by atoms with van der Waals surface area (Å²) in [6.07, 6.45) is -4.68. The van der Waals surface area contributed by atoms with E-state index >= 15 is 0 Å². The van der Waals surface area contributed by atoms with Gasteiger partial charge in [-0.2, -0.15) is 17.5 Å². The van der Waals surface area contributed by atoms with Gasteiger partial charge in [0.25, 0.3) is 5.91 Å². The van der Waals surface area contributed by atoms with E-state index in [0.29, 0.717) is 6.07 Å². The van der Waals surface area contributed by atoms with Crippen molar-refractivity contribution >= 4 is 39.1 Å². The summed E-state index contributed by atoms with van der Waals surface area (Å²) in [6.45, 7) is 0.0106. The topological polar surface area (TPSA) is 95.6 Å². The quantitative estimate of drug-likeness (QED) is 0.732. The van der Waals surface area contributed by atoms with Crippen molar-refractivity contribution in [2.24, 2.45) is 0 Å². The van der Waals surface area contributed by atoms with Crippen molar-refractivity contribution in [3.8, 4) is 0 Å². The number of alkyl halides is 3. The number of benzene rings is 2. The van der Waals surface area contributed by atoms with E-state index < -0.39 is 38.6 Å². The van der Waals surface area contributed by atoms with Crippen LogP contribution < -0.4 is 10.6 Å². The number of piperazine rings is 1. The van der Waals surface area contributed by atoms with Gasteiger partial charge < -0.3 is 10.6 Å². The number of anilines is 1. The monoisotopic (exact) mass is 461 g/mol. The van der Waals surface area contributed by atoms with Crippen molar-refractivity contribution in [3.05, 3.63) is 58.6 Å². The molecule has 1 heterocycles. The number of sulfonamides is 1. The highest BCUT2D eigenvalue weighted by Crippen LogP contribution is 2.36. The standard InChI is InChI=1S/C18H15ClF3N3O4S/c19-15-6-3-12(9-14(15)18(20,21)22)24-17(27)11-1-4-13(5-2-11)30(28,29)25-8-7-23-16(26)10-25/h1-6,9H,7-8,10H2,(H,23,26)(H,24,27). The lowest BCUT2D eigenvalue weighted by molar-refractivity contribution is -0.137. The SMILES string of the molecule is O=C1CN(S(=O)(=O)c2ccc(C(=O)Nc3ccc(Cl)c(C(F)(F)F)c3)cc2)CCN1. The average molecular weight is 462 g/mol. The fraction of sp³-hybridized carbons (Fsp3) is 0.222. The van der Waals surface area contributed by atoms with Crippen LogP contribution >= 0.6 is 11.6 Å². The molecular formula is C18H15ClF3N3O4S. The van der Waals surface area contributed by atoms with E-state index in [4.69, 9.17) is 11.6 Å². The normalized spacial score (nSPS) is 15.5. The predicted molar refractivity (Wildman–Crippen MR) is 103 cm³/mol. The Labute approximate surface area is 174 Å². The third-order valence-corrected chi connectivity index (χ3v) is 6.48. The van der Waals surface area contributed by atoms with Crippen LogP contribution in [0, 0.1) is 0 Å². The smallest absolute Gasteiger partial charge is 0.354 e. The van der Waals surface area contributed by atoms with Crippen LogP contribution in [0.5, 0.6) is 0 Å². The van der Waals surface area contributed by atoms with Crippen molar-refractivity contribution in [1.29, 1.82) is 0 Å². The Balaban J connectivity index is 1.77. The Kier molecular flexibility index (Phi) is 6.06. The van der Waals surface area contributed by atoms with Gasteiger partial charge in [0.1, 0.15) is 0 Å². The van der Waals surface area contributed by atoms with Gasteiger partial charge in [-0.1, -0.05) is 11.6 Å². The van der Waals surface area contributed by atoms with Crippen LogP contribution in [0.4, 0.5) is 18.9 Å². The molecule has 0 unspecified atom stereocenters. The summed E-state index contributed by atoms with van der Waals surface area (Å²) >= 11 is 5.55. The van der Waals surface area contributed by atoms with Crippen LogP contribution in [0.1, 0.15) is 15.9 Å². The van der Waals surface area contributed by atoms with E-state index in [1.807, 2.05) is 0 Å². The van der Waals surface area contributed by atoms with Crippen LogP contribution in [0.3, 0.4) is 0 Å². The van der Waals surface area contributed by atoms with E-state index in [0.717, 1.165) is 10.4 Å². The molecule has 0 saturated carbocycles. The number of hydrogen-bond acceptors (Lipinski definition) is 4. The van der Waals surface area contributed by atoms with Crippen LogP contribution in [-0.2, 0) is 21.0 Å². The maximum atomic E-state index is 12.9. The fourth-order valence-corrected chi connectivity index (χ4v) is 4.39. The van der Waals surface area contributed by atoms with Gasteiger partial charge in [-0.3, -0.25) is 9.59 Å². The number of carbonyl (C=O) groups excluding carboxylic acids is 2. The number of nitrogens with one attached hydrogen (secondary N) is 2. The van der Waals surface area contributed by atoms with Crippen LogP contribution in [0.15, 0.2) is 47.4 Å². The molecule has 30 heavy (non-hydrogen) atoms. The zero-order valence-corrected chi connectivity index (χ0v) is 16.7. The van der Waals surface area contributed by atoms with E-state index in [2.05, 4.69) is 10.6 Å². The van der Waals surface area contributed by atoms with Crippen LogP contribution in [0.25, 0.3) is 0 Å². The summed E-state index contributed by atoms with van der Waals surface area (Å²) in [5, 5.41) is 4.34. The van der Waals surface area contributed by atoms with Crippen LogP contribution in [-0.4, -0.2) is 44.2 Å². The number of carbonyl (C=O) groups is 2. The minimum atomic E-state index is -4.68. The molecule has 2 aromatic rings. The number of halogens is 4. The number of nitrogens with zero attached hydrogens (tertiary/aromatic N) is 1. The Bertz CT molecular complexity index is 1090. The molecule has 0 radical (unpaired) electrons. The second-order valence-corrected chi connectivity index (χ2v) is 8.70. The second-order valence-electron chi connectivity index (χ2n) is 6.36. The lowest BCUT2D eigenvalue weighted by Crippen LogP contribution is -2.49. The Morgan fingerprint density at radius 3 is 2.40 bits per heavy atom. The molecule has 0 atom stereocenters. The molecule has 0 aliphatic carbocycles. The molecule has 1 saturated heterocycles. The molecule has 0 aromatic heterocycles. The van der Waals surface area contributed by atoms with Gasteiger partial charge in [-0.15, -0.1) is 0 Å². The molecule has 0 spiro atoms. The third-order valence-electron chi connectivity index (χ3n) is 4.29. The summed E-state index contributed by atoms with van der Waals surface area (Å²) in [7, 11) is -3.92. The predicted octanol–water partition coefficient (Wildman–Crippen LogP) is 2.73. The van der Waals surface area contributed by atoms with Crippen molar-refractivity contribution in [2.75, 3.05) is 25.0 Å². The van der Waals surface area contributed by atoms with Crippen molar-refractivity contribution in [2.45, 2.75) is 11.1 Å². The molecule has 2 aromatic carbocycles. The molecule has 1 aliphatic rings. The Hall–Kier alpha value is -2.63. The number of hydrogen-bond donors (Lipinski definition) is 2. The highest BCUT2D eigenvalue weighted by atomic mass is 35.5. The highest BCUT2D eigenvalue weighted by molar-refractivity contribution is 7.89. The van der Waals surface area contributed by atoms with Crippen LogP contribution in [0.2, 0.25) is 5.02 Å². The molecule has 2 amide bonds. The van der Waals surface area contributed by atoms with Crippen molar-refractivity contribution in [3.63, 3.8) is 0 Å². The van der Waals surface area contributed by atoms with Gasteiger partial charge in [0.2, 0.25) is 15.9 Å². The third kappa shape index (κ3) is 4.74. The highest BCUT2D eigenvalue weighted by Gasteiger charge is 2.33. The largest absolute Gasteiger partial charge is 0.417 e. The first-order valence-corrected chi connectivity index (χ1v) is 10.4. The molecular weight excluding hydrogens is 447 g/mol. The lowest BCUT2D eigenvalue weighted by Gasteiger charge is -2.25. The summed E-state index contributed by atoms with van der Waals surface area (Å²) < 4.78 is 65.0. The first-order chi connectivity index (χ1) is 14.0. The minimum Gasteiger partial charge on any atom is -0.354 e. The first-order valence-electron chi connectivity index (χ1n) is 8.53. The maximum Gasteiger partial charge on any atom is 0.417 e. The van der Waals surface area contributed by atoms with Gasteiger partial charge in [0.05, 0.1) is 22.0 Å². The Morgan fingerprint density at radius 2 is 1.80 bits per heavy atom. The number of amides is 2. The van der Waals surface area contributed by atoms with E-state index in [9.17, 15) is 31.2 Å². The summed E-state index contributed by atoms with van der Waals surface area (Å²) in [6, 6.07) is 7.79. The van der Waals surface area contributed by atoms with E-state index in [1.165, 1.54) is 30.3 Å². The first kappa shape index (κ1) is 22.1. The van der Waals surface area contributed by atoms with E-state index in [-0.39, 0.29) is 35.8 Å². The van der Waals surface area contributed by atoms with E-state index in [1.54, 1.807) is 0 Å².